The zero-order chi connectivity index (χ0) is 11.5. The van der Waals surface area contributed by atoms with Gasteiger partial charge in [-0.1, -0.05) is 27.7 Å². The molecule has 0 radical (unpaired) electrons. The second-order valence-electron chi connectivity index (χ2n) is 5.76. The van der Waals surface area contributed by atoms with Crippen LogP contribution in [0.2, 0.25) is 0 Å². The van der Waals surface area contributed by atoms with Gasteiger partial charge < -0.3 is 4.90 Å². The highest BCUT2D eigenvalue weighted by molar-refractivity contribution is 5.83. The zero-order valence-electron chi connectivity index (χ0n) is 10.7. The Bertz CT molecular complexity index is 217. The van der Waals surface area contributed by atoms with Crippen molar-refractivity contribution in [3.8, 4) is 0 Å². The van der Waals surface area contributed by atoms with Crippen molar-refractivity contribution in [1.82, 2.24) is 4.90 Å². The maximum Gasteiger partial charge on any atom is 0.138 e. The number of Topliss-reactive ketones (excluding diaryl/α,β-unsaturated/α-hetero) is 1. The Hall–Kier alpha value is -0.370. The number of nitrogens with zero attached hydrogens (tertiary/aromatic N) is 1. The van der Waals surface area contributed by atoms with Gasteiger partial charge in [-0.2, -0.15) is 0 Å². The molecule has 0 N–H and O–H groups in total. The van der Waals surface area contributed by atoms with Crippen LogP contribution in [0, 0.1) is 11.3 Å². The van der Waals surface area contributed by atoms with Gasteiger partial charge in [0.15, 0.2) is 0 Å². The van der Waals surface area contributed by atoms with Gasteiger partial charge in [-0.3, -0.25) is 4.79 Å². The van der Waals surface area contributed by atoms with Gasteiger partial charge in [0, 0.05) is 18.4 Å². The second kappa shape index (κ2) is 5.11. The Labute approximate surface area is 94.0 Å². The number of likely N-dealkylation sites (tertiary alicyclic amines) is 1. The van der Waals surface area contributed by atoms with E-state index in [1.165, 1.54) is 19.5 Å². The minimum atomic E-state index is -0.150. The Kier molecular flexibility index (Phi) is 4.32. The summed E-state index contributed by atoms with van der Waals surface area (Å²) in [5.41, 5.74) is -0.150. The van der Waals surface area contributed by atoms with Crippen molar-refractivity contribution < 1.29 is 4.79 Å². The topological polar surface area (TPSA) is 20.3 Å². The minimum Gasteiger partial charge on any atom is -0.303 e. The van der Waals surface area contributed by atoms with E-state index < -0.39 is 0 Å². The van der Waals surface area contributed by atoms with Gasteiger partial charge in [0.25, 0.3) is 0 Å². The van der Waals surface area contributed by atoms with Crippen LogP contribution < -0.4 is 0 Å². The molecule has 0 aromatic rings. The van der Waals surface area contributed by atoms with Crippen LogP contribution in [0.4, 0.5) is 0 Å². The summed E-state index contributed by atoms with van der Waals surface area (Å²) < 4.78 is 0. The minimum absolute atomic E-state index is 0.150. The summed E-state index contributed by atoms with van der Waals surface area (Å²) in [5, 5.41) is 0. The van der Waals surface area contributed by atoms with Gasteiger partial charge in [0.1, 0.15) is 5.78 Å². The number of ketones is 1. The average Bonchev–Trinajstić information content (AvgIpc) is 2.60. The van der Waals surface area contributed by atoms with Gasteiger partial charge in [-0.25, -0.2) is 0 Å². The first-order valence-corrected chi connectivity index (χ1v) is 6.19. The monoisotopic (exact) mass is 211 g/mol. The second-order valence-corrected chi connectivity index (χ2v) is 5.76. The molecule has 0 aromatic heterocycles. The molecule has 1 heterocycles. The molecule has 1 atom stereocenters. The van der Waals surface area contributed by atoms with Crippen molar-refractivity contribution in [2.24, 2.45) is 11.3 Å². The van der Waals surface area contributed by atoms with Crippen LogP contribution >= 0.6 is 0 Å². The lowest BCUT2D eigenvalue weighted by Crippen LogP contribution is -2.22. The fraction of sp³-hybridized carbons (Fsp3) is 0.923. The fourth-order valence-electron chi connectivity index (χ4n) is 2.15. The predicted molar refractivity (Wildman–Crippen MR) is 63.9 cm³/mol. The third kappa shape index (κ3) is 3.94. The molecule has 2 nitrogen and oxygen atoms in total. The van der Waals surface area contributed by atoms with Crippen LogP contribution in [-0.2, 0) is 4.79 Å². The normalized spacial score (nSPS) is 23.3. The highest BCUT2D eigenvalue weighted by Gasteiger charge is 2.25. The van der Waals surface area contributed by atoms with Crippen molar-refractivity contribution in [2.75, 3.05) is 19.6 Å². The molecular weight excluding hydrogens is 186 g/mol. The van der Waals surface area contributed by atoms with E-state index in [4.69, 9.17) is 0 Å². The summed E-state index contributed by atoms with van der Waals surface area (Å²) >= 11 is 0. The van der Waals surface area contributed by atoms with E-state index in [2.05, 4.69) is 11.8 Å². The van der Waals surface area contributed by atoms with Crippen molar-refractivity contribution in [2.45, 2.75) is 47.0 Å². The third-order valence-corrected chi connectivity index (χ3v) is 3.43. The molecule has 0 spiro atoms. The summed E-state index contributed by atoms with van der Waals surface area (Å²) in [4.78, 5) is 14.2. The van der Waals surface area contributed by atoms with Crippen LogP contribution in [0.3, 0.4) is 0 Å². The van der Waals surface area contributed by atoms with E-state index in [0.29, 0.717) is 5.78 Å². The van der Waals surface area contributed by atoms with Crippen LogP contribution in [0.25, 0.3) is 0 Å². The first kappa shape index (κ1) is 12.7. The largest absolute Gasteiger partial charge is 0.303 e. The van der Waals surface area contributed by atoms with Gasteiger partial charge in [-0.05, 0) is 31.8 Å². The fourth-order valence-corrected chi connectivity index (χ4v) is 2.15. The molecule has 1 aliphatic rings. The van der Waals surface area contributed by atoms with Crippen molar-refractivity contribution >= 4 is 5.78 Å². The number of hydrogen-bond acceptors (Lipinski definition) is 2. The number of carbonyl (C=O) groups is 1. The summed E-state index contributed by atoms with van der Waals surface area (Å²) in [5.74, 6) is 1.17. The van der Waals surface area contributed by atoms with Crippen LogP contribution in [-0.4, -0.2) is 30.3 Å². The molecule has 1 saturated heterocycles. The van der Waals surface area contributed by atoms with E-state index in [1.54, 1.807) is 0 Å². The van der Waals surface area contributed by atoms with Crippen LogP contribution in [0.15, 0.2) is 0 Å². The van der Waals surface area contributed by atoms with Gasteiger partial charge in [-0.15, -0.1) is 0 Å². The Morgan fingerprint density at radius 1 is 1.40 bits per heavy atom. The van der Waals surface area contributed by atoms with E-state index in [1.807, 2.05) is 20.8 Å². The molecule has 88 valence electrons. The summed E-state index contributed by atoms with van der Waals surface area (Å²) in [6.07, 6.45) is 3.14. The highest BCUT2D eigenvalue weighted by atomic mass is 16.1. The number of carbonyl (C=O) groups excluding carboxylic acids is 1. The number of rotatable bonds is 4. The lowest BCUT2D eigenvalue weighted by Gasteiger charge is -2.18. The van der Waals surface area contributed by atoms with E-state index in [-0.39, 0.29) is 5.41 Å². The average molecular weight is 211 g/mol. The molecule has 0 amide bonds. The Balaban J connectivity index is 2.24. The van der Waals surface area contributed by atoms with Crippen molar-refractivity contribution in [3.63, 3.8) is 0 Å². The molecule has 0 bridgehead atoms. The Morgan fingerprint density at radius 3 is 2.53 bits per heavy atom. The zero-order valence-corrected chi connectivity index (χ0v) is 10.7. The van der Waals surface area contributed by atoms with Gasteiger partial charge in [0.05, 0.1) is 0 Å². The smallest absolute Gasteiger partial charge is 0.138 e. The summed E-state index contributed by atoms with van der Waals surface area (Å²) in [6.45, 7) is 11.8. The van der Waals surface area contributed by atoms with Crippen molar-refractivity contribution in [3.05, 3.63) is 0 Å². The molecule has 0 aliphatic carbocycles. The van der Waals surface area contributed by atoms with Gasteiger partial charge >= 0.3 is 0 Å². The third-order valence-electron chi connectivity index (χ3n) is 3.43. The molecule has 0 saturated carbocycles. The maximum absolute atomic E-state index is 11.8. The molecule has 15 heavy (non-hydrogen) atoms. The quantitative estimate of drug-likeness (QED) is 0.712. The SMILES string of the molecule is CCN1CCC(CCC(=O)C(C)(C)C)C1. The van der Waals surface area contributed by atoms with E-state index in [9.17, 15) is 4.79 Å². The van der Waals surface area contributed by atoms with Crippen LogP contribution in [0.5, 0.6) is 0 Å². The van der Waals surface area contributed by atoms with E-state index >= 15 is 0 Å². The standard InChI is InChI=1S/C13H25NO/c1-5-14-9-8-11(10-14)6-7-12(15)13(2,3)4/h11H,5-10H2,1-4H3. The van der Waals surface area contributed by atoms with Crippen LogP contribution in [0.1, 0.15) is 47.0 Å². The molecule has 1 unspecified atom stereocenters. The first-order chi connectivity index (χ1) is 6.93. The van der Waals surface area contributed by atoms with E-state index in [0.717, 1.165) is 25.3 Å². The predicted octanol–water partition coefficient (Wildman–Crippen LogP) is 2.72. The molecule has 1 rings (SSSR count). The Morgan fingerprint density at radius 2 is 2.07 bits per heavy atom. The summed E-state index contributed by atoms with van der Waals surface area (Å²) in [7, 11) is 0. The number of hydrogen-bond donors (Lipinski definition) is 0. The molecule has 1 fully saturated rings. The molecule has 1 aliphatic heterocycles. The molecule has 2 heteroatoms. The first-order valence-electron chi connectivity index (χ1n) is 6.19. The van der Waals surface area contributed by atoms with Crippen molar-refractivity contribution in [1.29, 1.82) is 0 Å². The van der Waals surface area contributed by atoms with Gasteiger partial charge in [0.2, 0.25) is 0 Å². The molecular formula is C13H25NO. The highest BCUT2D eigenvalue weighted by Crippen LogP contribution is 2.24. The maximum atomic E-state index is 11.8. The lowest BCUT2D eigenvalue weighted by molar-refractivity contribution is -0.126. The summed E-state index contributed by atoms with van der Waals surface area (Å²) in [6, 6.07) is 0. The lowest BCUT2D eigenvalue weighted by atomic mass is 9.86. The molecule has 0 aromatic carbocycles.